The third kappa shape index (κ3) is 3.74. The van der Waals surface area contributed by atoms with E-state index in [4.69, 9.17) is 0 Å². The average Bonchev–Trinajstić information content (AvgIpc) is 2.40. The summed E-state index contributed by atoms with van der Waals surface area (Å²) in [5, 5.41) is 9.63. The fraction of sp³-hybridized carbons (Fsp3) is 1.00. The zero-order chi connectivity index (χ0) is 11.5. The van der Waals surface area contributed by atoms with Crippen LogP contribution in [-0.4, -0.2) is 55.7 Å². The van der Waals surface area contributed by atoms with Gasteiger partial charge in [0.25, 0.3) is 0 Å². The molecular formula is C10H21NO3S. The van der Waals surface area contributed by atoms with Crippen molar-refractivity contribution in [3.63, 3.8) is 0 Å². The number of likely N-dealkylation sites (N-methyl/N-ethyl adjacent to an activating group) is 1. The van der Waals surface area contributed by atoms with Gasteiger partial charge in [-0.3, -0.25) is 4.90 Å². The Balaban J connectivity index is 2.43. The van der Waals surface area contributed by atoms with Crippen molar-refractivity contribution in [2.75, 3.05) is 25.1 Å². The summed E-state index contributed by atoms with van der Waals surface area (Å²) in [6.07, 6.45) is 2.66. The zero-order valence-corrected chi connectivity index (χ0v) is 10.3. The van der Waals surface area contributed by atoms with Gasteiger partial charge in [0.15, 0.2) is 9.84 Å². The summed E-state index contributed by atoms with van der Waals surface area (Å²) in [6, 6.07) is -0.202. The second-order valence-corrected chi connectivity index (χ2v) is 6.55. The Morgan fingerprint density at radius 1 is 1.33 bits per heavy atom. The Kier molecular flexibility index (Phi) is 4.55. The predicted molar refractivity (Wildman–Crippen MR) is 60.6 cm³/mol. The summed E-state index contributed by atoms with van der Waals surface area (Å²) < 4.78 is 22.6. The summed E-state index contributed by atoms with van der Waals surface area (Å²) in [7, 11) is -1.12. The molecule has 2 unspecified atom stereocenters. The topological polar surface area (TPSA) is 57.6 Å². The number of rotatable bonds is 5. The van der Waals surface area contributed by atoms with Crippen molar-refractivity contribution < 1.29 is 13.5 Å². The highest BCUT2D eigenvalue weighted by molar-refractivity contribution is 7.91. The van der Waals surface area contributed by atoms with Gasteiger partial charge < -0.3 is 5.11 Å². The molecule has 4 nitrogen and oxygen atoms in total. The number of hydrogen-bond donors (Lipinski definition) is 1. The van der Waals surface area contributed by atoms with Crippen molar-refractivity contribution in [1.29, 1.82) is 0 Å². The van der Waals surface area contributed by atoms with Gasteiger partial charge in [-0.2, -0.15) is 0 Å². The summed E-state index contributed by atoms with van der Waals surface area (Å²) in [5.41, 5.74) is 0. The van der Waals surface area contributed by atoms with Crippen molar-refractivity contribution >= 4 is 9.84 Å². The Hall–Kier alpha value is -0.130. The van der Waals surface area contributed by atoms with Crippen molar-refractivity contribution in [1.82, 2.24) is 4.90 Å². The third-order valence-electron chi connectivity index (χ3n) is 2.97. The molecular weight excluding hydrogens is 214 g/mol. The van der Waals surface area contributed by atoms with Gasteiger partial charge in [-0.1, -0.05) is 19.8 Å². The van der Waals surface area contributed by atoms with E-state index in [2.05, 4.69) is 6.92 Å². The molecule has 1 aliphatic heterocycles. The molecule has 1 saturated heterocycles. The number of hydrogen-bond acceptors (Lipinski definition) is 4. The second kappa shape index (κ2) is 5.27. The largest absolute Gasteiger partial charge is 0.390 e. The fourth-order valence-corrected chi connectivity index (χ4v) is 3.88. The highest BCUT2D eigenvalue weighted by Gasteiger charge is 2.38. The van der Waals surface area contributed by atoms with E-state index in [0.717, 1.165) is 25.8 Å². The minimum absolute atomic E-state index is 0.0736. The number of aliphatic hydroxyl groups excluding tert-OH is 1. The van der Waals surface area contributed by atoms with Crippen LogP contribution in [0.1, 0.15) is 26.2 Å². The third-order valence-corrected chi connectivity index (χ3v) is 4.67. The molecule has 0 aromatic heterocycles. The smallest absolute Gasteiger partial charge is 0.154 e. The van der Waals surface area contributed by atoms with Crippen LogP contribution in [0.2, 0.25) is 0 Å². The molecule has 90 valence electrons. The minimum atomic E-state index is -3.01. The molecule has 1 N–H and O–H groups in total. The van der Waals surface area contributed by atoms with E-state index in [9.17, 15) is 13.5 Å². The first-order valence-electron chi connectivity index (χ1n) is 5.55. The Morgan fingerprint density at radius 2 is 2.00 bits per heavy atom. The zero-order valence-electron chi connectivity index (χ0n) is 9.52. The molecule has 0 aromatic carbocycles. The number of sulfone groups is 1. The molecule has 0 radical (unpaired) electrons. The van der Waals surface area contributed by atoms with E-state index in [1.165, 1.54) is 0 Å². The monoisotopic (exact) mass is 235 g/mol. The van der Waals surface area contributed by atoms with Crippen LogP contribution >= 0.6 is 0 Å². The van der Waals surface area contributed by atoms with E-state index < -0.39 is 15.9 Å². The maximum Gasteiger partial charge on any atom is 0.154 e. The molecule has 0 spiro atoms. The molecule has 0 aromatic rings. The quantitative estimate of drug-likeness (QED) is 0.695. The molecule has 0 aliphatic carbocycles. The van der Waals surface area contributed by atoms with Crippen LogP contribution in [0.15, 0.2) is 0 Å². The lowest BCUT2D eigenvalue weighted by molar-refractivity contribution is 0.0987. The first-order valence-corrected chi connectivity index (χ1v) is 7.37. The molecule has 1 aliphatic rings. The normalized spacial score (nSPS) is 29.9. The number of nitrogens with zero attached hydrogens (tertiary/aromatic N) is 1. The van der Waals surface area contributed by atoms with Gasteiger partial charge in [-0.15, -0.1) is 0 Å². The summed E-state index contributed by atoms with van der Waals surface area (Å²) >= 11 is 0. The van der Waals surface area contributed by atoms with Gasteiger partial charge in [-0.25, -0.2) is 8.42 Å². The lowest BCUT2D eigenvalue weighted by atomic mass is 10.1. The van der Waals surface area contributed by atoms with Crippen LogP contribution in [0, 0.1) is 0 Å². The predicted octanol–water partition coefficient (Wildman–Crippen LogP) is 0.266. The molecule has 15 heavy (non-hydrogen) atoms. The molecule has 5 heteroatoms. The van der Waals surface area contributed by atoms with Gasteiger partial charge in [0.05, 0.1) is 23.7 Å². The molecule has 0 saturated carbocycles. The van der Waals surface area contributed by atoms with E-state index >= 15 is 0 Å². The Bertz CT molecular complexity index is 289. The van der Waals surface area contributed by atoms with Gasteiger partial charge >= 0.3 is 0 Å². The van der Waals surface area contributed by atoms with Gasteiger partial charge in [0.1, 0.15) is 0 Å². The SMILES string of the molecule is CCCCCN(C)C1CS(=O)(=O)CC1O. The number of unbranched alkanes of at least 4 members (excludes halogenated alkanes) is 2. The standard InChI is InChI=1S/C10H21NO3S/c1-3-4-5-6-11(2)9-7-15(13,14)8-10(9)12/h9-10,12H,3-8H2,1-2H3. The lowest BCUT2D eigenvalue weighted by Crippen LogP contribution is -2.40. The highest BCUT2D eigenvalue weighted by Crippen LogP contribution is 2.17. The molecule has 1 rings (SSSR count). The summed E-state index contributed by atoms with van der Waals surface area (Å²) in [5.74, 6) is 0.0343. The van der Waals surface area contributed by atoms with Gasteiger partial charge in [0, 0.05) is 0 Å². The van der Waals surface area contributed by atoms with Crippen LogP contribution in [0.5, 0.6) is 0 Å². The molecule has 0 bridgehead atoms. The first kappa shape index (κ1) is 12.9. The van der Waals surface area contributed by atoms with Gasteiger partial charge in [-0.05, 0) is 20.0 Å². The maximum atomic E-state index is 11.3. The average molecular weight is 235 g/mol. The first-order chi connectivity index (χ1) is 6.96. The maximum absolute atomic E-state index is 11.3. The number of aliphatic hydroxyl groups is 1. The van der Waals surface area contributed by atoms with E-state index in [1.54, 1.807) is 0 Å². The summed E-state index contributed by atoms with van der Waals surface area (Å²) in [6.45, 7) is 3.00. The van der Waals surface area contributed by atoms with Crippen molar-refractivity contribution in [2.24, 2.45) is 0 Å². The van der Waals surface area contributed by atoms with E-state index in [1.807, 2.05) is 11.9 Å². The van der Waals surface area contributed by atoms with Crippen molar-refractivity contribution in [3.8, 4) is 0 Å². The molecule has 1 heterocycles. The Labute approximate surface area is 92.2 Å². The minimum Gasteiger partial charge on any atom is -0.390 e. The van der Waals surface area contributed by atoms with Crippen LogP contribution in [-0.2, 0) is 9.84 Å². The van der Waals surface area contributed by atoms with Crippen molar-refractivity contribution in [3.05, 3.63) is 0 Å². The van der Waals surface area contributed by atoms with E-state index in [0.29, 0.717) is 0 Å². The lowest BCUT2D eigenvalue weighted by Gasteiger charge is -2.25. The molecule has 2 atom stereocenters. The van der Waals surface area contributed by atoms with Crippen LogP contribution in [0.4, 0.5) is 0 Å². The molecule has 1 fully saturated rings. The van der Waals surface area contributed by atoms with Gasteiger partial charge in [0.2, 0.25) is 0 Å². The Morgan fingerprint density at radius 3 is 2.47 bits per heavy atom. The fourth-order valence-electron chi connectivity index (χ4n) is 2.01. The van der Waals surface area contributed by atoms with Crippen LogP contribution in [0.25, 0.3) is 0 Å². The van der Waals surface area contributed by atoms with Crippen LogP contribution < -0.4 is 0 Å². The van der Waals surface area contributed by atoms with Crippen LogP contribution in [0.3, 0.4) is 0 Å². The highest BCUT2D eigenvalue weighted by atomic mass is 32.2. The molecule has 0 amide bonds. The van der Waals surface area contributed by atoms with Crippen molar-refractivity contribution in [2.45, 2.75) is 38.3 Å². The van der Waals surface area contributed by atoms with E-state index in [-0.39, 0.29) is 17.5 Å². The second-order valence-electron chi connectivity index (χ2n) is 4.40. The summed E-state index contributed by atoms with van der Waals surface area (Å²) in [4.78, 5) is 1.98.